The van der Waals surface area contributed by atoms with Crippen LogP contribution in [0.5, 0.6) is 5.75 Å². The number of methoxy groups -OCH3 is 1. The molecule has 4 rings (SSSR count). The Morgan fingerprint density at radius 2 is 1.52 bits per heavy atom. The summed E-state index contributed by atoms with van der Waals surface area (Å²) in [5.74, 6) is -1.39. The van der Waals surface area contributed by atoms with Crippen LogP contribution in [0, 0.1) is 0 Å². The van der Waals surface area contributed by atoms with Crippen molar-refractivity contribution in [3.8, 4) is 5.75 Å². The van der Waals surface area contributed by atoms with E-state index in [0.717, 1.165) is 5.56 Å². The second-order valence-electron chi connectivity index (χ2n) is 6.63. The number of hydrogen-bond donors (Lipinski definition) is 0. The molecule has 0 aromatic heterocycles. The first-order chi connectivity index (χ1) is 11.9. The molecule has 2 aliphatic heterocycles. The van der Waals surface area contributed by atoms with Crippen molar-refractivity contribution in [2.45, 2.75) is 31.3 Å². The molecule has 2 aromatic carbocycles. The van der Waals surface area contributed by atoms with E-state index in [1.165, 1.54) is 0 Å². The number of fused-ring (bicyclic) bond motifs is 3. The summed E-state index contributed by atoms with van der Waals surface area (Å²) < 4.78 is 17.2. The summed E-state index contributed by atoms with van der Waals surface area (Å²) in [6.07, 6.45) is -0.687. The van der Waals surface area contributed by atoms with Gasteiger partial charge in [-0.05, 0) is 31.5 Å². The van der Waals surface area contributed by atoms with Crippen LogP contribution < -0.4 is 4.74 Å². The number of Topliss-reactive ketones (excluding diaryl/α,β-unsaturated/α-hetero) is 2. The van der Waals surface area contributed by atoms with Crippen LogP contribution >= 0.6 is 0 Å². The summed E-state index contributed by atoms with van der Waals surface area (Å²) in [4.78, 5) is 26.2. The highest BCUT2D eigenvalue weighted by molar-refractivity contribution is 6.16. The number of ether oxygens (including phenoxy) is 3. The highest BCUT2D eigenvalue weighted by Gasteiger charge is 2.62. The van der Waals surface area contributed by atoms with Gasteiger partial charge in [-0.15, -0.1) is 0 Å². The molecule has 2 aromatic rings. The van der Waals surface area contributed by atoms with E-state index in [2.05, 4.69) is 0 Å². The number of benzene rings is 2. The molecule has 0 saturated carbocycles. The van der Waals surface area contributed by atoms with Crippen molar-refractivity contribution in [3.63, 3.8) is 0 Å². The fraction of sp³-hybridized carbons (Fsp3) is 0.300. The van der Waals surface area contributed by atoms with Gasteiger partial charge in [0.05, 0.1) is 7.11 Å². The molecule has 3 atom stereocenters. The van der Waals surface area contributed by atoms with Crippen molar-refractivity contribution in [2.75, 3.05) is 7.11 Å². The van der Waals surface area contributed by atoms with Crippen LogP contribution in [-0.4, -0.2) is 30.1 Å². The van der Waals surface area contributed by atoms with Crippen LogP contribution in [-0.2, 0) is 9.47 Å². The molecule has 2 aliphatic rings. The topological polar surface area (TPSA) is 61.8 Å². The van der Waals surface area contributed by atoms with Crippen LogP contribution in [0.4, 0.5) is 0 Å². The maximum atomic E-state index is 13.2. The van der Waals surface area contributed by atoms with Crippen LogP contribution in [0.3, 0.4) is 0 Å². The molecule has 5 nitrogen and oxygen atoms in total. The Hall–Kier alpha value is -2.50. The van der Waals surface area contributed by atoms with Crippen molar-refractivity contribution in [3.05, 3.63) is 65.2 Å². The zero-order chi connectivity index (χ0) is 17.8. The molecule has 128 valence electrons. The molecule has 25 heavy (non-hydrogen) atoms. The molecule has 0 spiro atoms. The van der Waals surface area contributed by atoms with E-state index in [9.17, 15) is 9.59 Å². The molecule has 1 saturated heterocycles. The minimum absolute atomic E-state index is 0.251. The number of carbonyl (C=O) groups excluding carboxylic acids is 2. The van der Waals surface area contributed by atoms with E-state index >= 15 is 0 Å². The van der Waals surface area contributed by atoms with Crippen molar-refractivity contribution < 1.29 is 23.8 Å². The van der Waals surface area contributed by atoms with Gasteiger partial charge in [0.1, 0.15) is 11.9 Å². The van der Waals surface area contributed by atoms with E-state index in [0.29, 0.717) is 16.9 Å². The third-order valence-electron chi connectivity index (χ3n) is 4.95. The molecule has 0 aliphatic carbocycles. The Kier molecular flexibility index (Phi) is 3.36. The molecular weight excluding hydrogens is 320 g/mol. The molecule has 0 N–H and O–H groups in total. The summed E-state index contributed by atoms with van der Waals surface area (Å²) in [6.45, 7) is 3.26. The van der Waals surface area contributed by atoms with Gasteiger partial charge >= 0.3 is 0 Å². The fourth-order valence-corrected chi connectivity index (χ4v) is 3.64. The third-order valence-corrected chi connectivity index (χ3v) is 4.95. The predicted molar refractivity (Wildman–Crippen MR) is 89.8 cm³/mol. The zero-order valence-corrected chi connectivity index (χ0v) is 14.2. The van der Waals surface area contributed by atoms with E-state index < -0.39 is 17.5 Å². The molecule has 2 heterocycles. The SMILES string of the molecule is COc1ccc([C@H]2O[C@]3(C)O[C@@]2(C)C(=O)c2ccccc2C3=O)cc1. The second-order valence-corrected chi connectivity index (χ2v) is 6.63. The number of rotatable bonds is 2. The number of carbonyl (C=O) groups is 2. The lowest BCUT2D eigenvalue weighted by Gasteiger charge is -2.27. The first-order valence-corrected chi connectivity index (χ1v) is 8.09. The fourth-order valence-electron chi connectivity index (χ4n) is 3.64. The Morgan fingerprint density at radius 1 is 0.920 bits per heavy atom. The van der Waals surface area contributed by atoms with Gasteiger partial charge in [0.15, 0.2) is 11.4 Å². The maximum absolute atomic E-state index is 13.2. The van der Waals surface area contributed by atoms with Gasteiger partial charge in [0, 0.05) is 11.1 Å². The van der Waals surface area contributed by atoms with Crippen LogP contribution in [0.25, 0.3) is 0 Å². The predicted octanol–water partition coefficient (Wildman–Crippen LogP) is 3.34. The Balaban J connectivity index is 1.87. The summed E-state index contributed by atoms with van der Waals surface area (Å²) in [6, 6.07) is 14.0. The van der Waals surface area contributed by atoms with Crippen LogP contribution in [0.2, 0.25) is 0 Å². The highest BCUT2D eigenvalue weighted by Crippen LogP contribution is 2.50. The van der Waals surface area contributed by atoms with Gasteiger partial charge in [-0.1, -0.05) is 36.4 Å². The van der Waals surface area contributed by atoms with E-state index in [-0.39, 0.29) is 11.6 Å². The van der Waals surface area contributed by atoms with Crippen molar-refractivity contribution in [1.82, 2.24) is 0 Å². The first kappa shape index (κ1) is 16.0. The Labute approximate surface area is 145 Å². The molecule has 5 heteroatoms. The zero-order valence-electron chi connectivity index (χ0n) is 14.2. The van der Waals surface area contributed by atoms with E-state index in [1.54, 1.807) is 57.4 Å². The summed E-state index contributed by atoms with van der Waals surface area (Å²) in [5, 5.41) is 0. The molecule has 0 amide bonds. The molecule has 1 fully saturated rings. The lowest BCUT2D eigenvalue weighted by molar-refractivity contribution is -0.131. The lowest BCUT2D eigenvalue weighted by Crippen LogP contribution is -2.41. The largest absolute Gasteiger partial charge is 0.497 e. The quantitative estimate of drug-likeness (QED) is 0.840. The molecular formula is C20H18O5. The molecule has 2 bridgehead atoms. The van der Waals surface area contributed by atoms with Crippen LogP contribution in [0.15, 0.2) is 48.5 Å². The lowest BCUT2D eigenvalue weighted by atomic mass is 9.83. The molecule has 0 radical (unpaired) electrons. The number of ketones is 2. The van der Waals surface area contributed by atoms with Crippen LogP contribution in [0.1, 0.15) is 46.2 Å². The van der Waals surface area contributed by atoms with Gasteiger partial charge in [0.2, 0.25) is 11.6 Å². The smallest absolute Gasteiger partial charge is 0.232 e. The summed E-state index contributed by atoms with van der Waals surface area (Å²) in [5.41, 5.74) is 0.186. The van der Waals surface area contributed by atoms with Gasteiger partial charge in [-0.2, -0.15) is 0 Å². The number of hydrogen-bond acceptors (Lipinski definition) is 5. The van der Waals surface area contributed by atoms with Crippen molar-refractivity contribution >= 4 is 11.6 Å². The standard InChI is InChI=1S/C20H18O5/c1-19-16(21)14-6-4-5-7-15(14)17(22)20(2,25-19)24-18(19)12-8-10-13(23-3)11-9-12/h4-11,18H,1-3H3/t18-,19+,20-/m1/s1. The Bertz CT molecular complexity index is 872. The normalized spacial score (nSPS) is 30.8. The molecule has 0 unspecified atom stereocenters. The summed E-state index contributed by atoms with van der Waals surface area (Å²) in [7, 11) is 1.59. The van der Waals surface area contributed by atoms with Gasteiger partial charge in [0.25, 0.3) is 0 Å². The van der Waals surface area contributed by atoms with Gasteiger partial charge in [-0.3, -0.25) is 9.59 Å². The maximum Gasteiger partial charge on any atom is 0.232 e. The van der Waals surface area contributed by atoms with Gasteiger partial charge < -0.3 is 14.2 Å². The highest BCUT2D eigenvalue weighted by atomic mass is 16.8. The minimum Gasteiger partial charge on any atom is -0.497 e. The van der Waals surface area contributed by atoms with E-state index in [4.69, 9.17) is 14.2 Å². The third kappa shape index (κ3) is 2.16. The Morgan fingerprint density at radius 3 is 2.12 bits per heavy atom. The van der Waals surface area contributed by atoms with E-state index in [1.807, 2.05) is 12.1 Å². The summed E-state index contributed by atoms with van der Waals surface area (Å²) >= 11 is 0. The second kappa shape index (κ2) is 5.25. The average molecular weight is 338 g/mol. The van der Waals surface area contributed by atoms with Gasteiger partial charge in [-0.25, -0.2) is 0 Å². The first-order valence-electron chi connectivity index (χ1n) is 8.09. The monoisotopic (exact) mass is 338 g/mol. The minimum atomic E-state index is -1.50. The average Bonchev–Trinajstić information content (AvgIpc) is 2.90. The van der Waals surface area contributed by atoms with Crippen molar-refractivity contribution in [1.29, 1.82) is 0 Å². The van der Waals surface area contributed by atoms with Crippen molar-refractivity contribution in [2.24, 2.45) is 0 Å².